The Morgan fingerprint density at radius 2 is 1.94 bits per heavy atom. The summed E-state index contributed by atoms with van der Waals surface area (Å²) in [7, 11) is 0. The van der Waals surface area contributed by atoms with E-state index in [4.69, 9.17) is 0 Å². The van der Waals surface area contributed by atoms with Crippen molar-refractivity contribution in [1.82, 2.24) is 5.32 Å². The van der Waals surface area contributed by atoms with Crippen LogP contribution in [0.1, 0.15) is 25.7 Å². The molecule has 0 atom stereocenters. The van der Waals surface area contributed by atoms with Crippen LogP contribution in [0, 0.1) is 5.41 Å². The van der Waals surface area contributed by atoms with Gasteiger partial charge in [0.25, 0.3) is 0 Å². The van der Waals surface area contributed by atoms with Crippen LogP contribution < -0.4 is 5.32 Å². The van der Waals surface area contributed by atoms with Gasteiger partial charge < -0.3 is 15.2 Å². The molecule has 0 spiro atoms. The van der Waals surface area contributed by atoms with Gasteiger partial charge in [0, 0.05) is 12.0 Å². The van der Waals surface area contributed by atoms with Crippen LogP contribution in [-0.4, -0.2) is 37.1 Å². The van der Waals surface area contributed by atoms with E-state index in [-0.39, 0.29) is 13.2 Å². The number of alkyl carbamates (subject to hydrolysis) is 1. The molecule has 0 saturated heterocycles. The van der Waals surface area contributed by atoms with Crippen LogP contribution in [0.3, 0.4) is 0 Å². The fourth-order valence-electron chi connectivity index (χ4n) is 1.97. The van der Waals surface area contributed by atoms with Gasteiger partial charge in [-0.05, 0) is 12.8 Å². The Bertz CT molecular complexity index is 262. The van der Waals surface area contributed by atoms with Crippen LogP contribution in [0.15, 0.2) is 0 Å². The van der Waals surface area contributed by atoms with Crippen molar-refractivity contribution < 1.29 is 27.8 Å². The number of rotatable bonds is 4. The normalized spacial score (nSPS) is 19.1. The first kappa shape index (κ1) is 14.1. The molecule has 1 amide bonds. The molecule has 100 valence electrons. The first-order valence-corrected chi connectivity index (χ1v) is 5.45. The highest BCUT2D eigenvalue weighted by Gasteiger charge is 2.34. The predicted molar refractivity (Wildman–Crippen MR) is 53.4 cm³/mol. The summed E-state index contributed by atoms with van der Waals surface area (Å²) in [5, 5.41) is 11.5. The number of carbonyl (C=O) groups is 1. The highest BCUT2D eigenvalue weighted by Crippen LogP contribution is 2.36. The molecule has 0 radical (unpaired) electrons. The van der Waals surface area contributed by atoms with Gasteiger partial charge >= 0.3 is 12.3 Å². The molecule has 0 aromatic rings. The van der Waals surface area contributed by atoms with Crippen molar-refractivity contribution in [3.05, 3.63) is 0 Å². The second-order valence-corrected chi connectivity index (χ2v) is 4.41. The maximum absolute atomic E-state index is 11.8. The van der Waals surface area contributed by atoms with Crippen molar-refractivity contribution in [3.63, 3.8) is 0 Å². The van der Waals surface area contributed by atoms with Crippen LogP contribution in [0.2, 0.25) is 0 Å². The van der Waals surface area contributed by atoms with E-state index < -0.39 is 24.3 Å². The lowest BCUT2D eigenvalue weighted by atomic mass is 9.87. The summed E-state index contributed by atoms with van der Waals surface area (Å²) in [5.41, 5.74) is -0.392. The molecular formula is C10H16F3NO3. The number of alkyl halides is 3. The van der Waals surface area contributed by atoms with E-state index >= 15 is 0 Å². The molecule has 0 bridgehead atoms. The Balaban J connectivity index is 2.27. The average Bonchev–Trinajstić information content (AvgIpc) is 2.72. The molecule has 1 rings (SSSR count). The quantitative estimate of drug-likeness (QED) is 0.805. The van der Waals surface area contributed by atoms with E-state index in [0.29, 0.717) is 0 Å². The maximum Gasteiger partial charge on any atom is 0.422 e. The molecule has 0 heterocycles. The van der Waals surface area contributed by atoms with Crippen molar-refractivity contribution in [2.45, 2.75) is 31.9 Å². The Labute approximate surface area is 97.1 Å². The molecule has 0 aromatic heterocycles. The number of halogens is 3. The number of hydrogen-bond acceptors (Lipinski definition) is 3. The smallest absolute Gasteiger partial charge is 0.422 e. The minimum Gasteiger partial charge on any atom is -0.440 e. The third-order valence-electron chi connectivity index (χ3n) is 2.97. The molecule has 1 saturated carbocycles. The summed E-state index contributed by atoms with van der Waals surface area (Å²) in [5.74, 6) is 0. The zero-order valence-corrected chi connectivity index (χ0v) is 9.35. The van der Waals surface area contributed by atoms with Crippen LogP contribution in [-0.2, 0) is 4.74 Å². The lowest BCUT2D eigenvalue weighted by Gasteiger charge is -2.26. The Morgan fingerprint density at radius 3 is 2.41 bits per heavy atom. The summed E-state index contributed by atoms with van der Waals surface area (Å²) in [6.07, 6.45) is -2.16. The topological polar surface area (TPSA) is 58.6 Å². The van der Waals surface area contributed by atoms with Crippen LogP contribution in [0.25, 0.3) is 0 Å². The van der Waals surface area contributed by atoms with Gasteiger partial charge in [-0.3, -0.25) is 0 Å². The van der Waals surface area contributed by atoms with Gasteiger partial charge in [0.05, 0.1) is 6.61 Å². The third-order valence-corrected chi connectivity index (χ3v) is 2.97. The third kappa shape index (κ3) is 4.80. The van der Waals surface area contributed by atoms with E-state index in [1.54, 1.807) is 0 Å². The van der Waals surface area contributed by atoms with Gasteiger partial charge in [-0.25, -0.2) is 4.79 Å². The molecule has 1 fully saturated rings. The zero-order valence-electron chi connectivity index (χ0n) is 9.35. The van der Waals surface area contributed by atoms with Gasteiger partial charge in [-0.2, -0.15) is 13.2 Å². The predicted octanol–water partition coefficient (Wildman–Crippen LogP) is 1.83. The van der Waals surface area contributed by atoms with E-state index in [2.05, 4.69) is 10.1 Å². The van der Waals surface area contributed by atoms with E-state index in [1.807, 2.05) is 0 Å². The van der Waals surface area contributed by atoms with Crippen molar-refractivity contribution >= 4 is 6.09 Å². The summed E-state index contributed by atoms with van der Waals surface area (Å²) in [4.78, 5) is 11.0. The SMILES string of the molecule is O=C(NCC1(CO)CCCC1)OCC(F)(F)F. The minimum absolute atomic E-state index is 0.0768. The van der Waals surface area contributed by atoms with Crippen LogP contribution >= 0.6 is 0 Å². The van der Waals surface area contributed by atoms with E-state index in [1.165, 1.54) is 0 Å². The first-order valence-electron chi connectivity index (χ1n) is 5.45. The van der Waals surface area contributed by atoms with E-state index in [0.717, 1.165) is 25.7 Å². The second-order valence-electron chi connectivity index (χ2n) is 4.41. The summed E-state index contributed by atoms with van der Waals surface area (Å²) in [6.45, 7) is -1.52. The summed E-state index contributed by atoms with van der Waals surface area (Å²) in [6, 6.07) is 0. The number of nitrogens with one attached hydrogen (secondary N) is 1. The van der Waals surface area contributed by atoms with Crippen molar-refractivity contribution in [2.24, 2.45) is 5.41 Å². The van der Waals surface area contributed by atoms with E-state index in [9.17, 15) is 23.1 Å². The van der Waals surface area contributed by atoms with Gasteiger partial charge in [0.2, 0.25) is 0 Å². The molecule has 0 aliphatic heterocycles. The lowest BCUT2D eigenvalue weighted by molar-refractivity contribution is -0.160. The number of hydrogen-bond donors (Lipinski definition) is 2. The van der Waals surface area contributed by atoms with Gasteiger partial charge in [0.15, 0.2) is 6.61 Å². The zero-order chi connectivity index (χ0) is 12.9. The monoisotopic (exact) mass is 255 g/mol. The molecule has 1 aliphatic carbocycles. The number of aliphatic hydroxyl groups excluding tert-OH is 1. The lowest BCUT2D eigenvalue weighted by Crippen LogP contribution is -2.39. The molecule has 7 heteroatoms. The number of ether oxygens (including phenoxy) is 1. The fraction of sp³-hybridized carbons (Fsp3) is 0.900. The minimum atomic E-state index is -4.51. The molecule has 1 aliphatic rings. The molecular weight excluding hydrogens is 239 g/mol. The van der Waals surface area contributed by atoms with Crippen LogP contribution in [0.4, 0.5) is 18.0 Å². The van der Waals surface area contributed by atoms with Gasteiger partial charge in [0.1, 0.15) is 0 Å². The number of aliphatic hydroxyl groups is 1. The second kappa shape index (κ2) is 5.57. The number of carbonyl (C=O) groups excluding carboxylic acids is 1. The molecule has 17 heavy (non-hydrogen) atoms. The number of amides is 1. The molecule has 0 aromatic carbocycles. The summed E-state index contributed by atoms with van der Waals surface area (Å²) >= 11 is 0. The van der Waals surface area contributed by atoms with Crippen molar-refractivity contribution in [3.8, 4) is 0 Å². The largest absolute Gasteiger partial charge is 0.440 e. The van der Waals surface area contributed by atoms with Gasteiger partial charge in [-0.1, -0.05) is 12.8 Å². The van der Waals surface area contributed by atoms with Crippen molar-refractivity contribution in [1.29, 1.82) is 0 Å². The molecule has 4 nitrogen and oxygen atoms in total. The average molecular weight is 255 g/mol. The molecule has 2 N–H and O–H groups in total. The Hall–Kier alpha value is -0.980. The standard InChI is InChI=1S/C10H16F3NO3/c11-10(12,13)7-17-8(16)14-5-9(6-15)3-1-2-4-9/h15H,1-7H2,(H,14,16). The summed E-state index contributed by atoms with van der Waals surface area (Å²) < 4.78 is 39.3. The van der Waals surface area contributed by atoms with Gasteiger partial charge in [-0.15, -0.1) is 0 Å². The van der Waals surface area contributed by atoms with Crippen molar-refractivity contribution in [2.75, 3.05) is 19.8 Å². The highest BCUT2D eigenvalue weighted by molar-refractivity contribution is 5.67. The maximum atomic E-state index is 11.8. The molecule has 0 unspecified atom stereocenters. The van der Waals surface area contributed by atoms with Crippen LogP contribution in [0.5, 0.6) is 0 Å². The Kier molecular flexibility index (Phi) is 4.62. The Morgan fingerprint density at radius 1 is 1.35 bits per heavy atom. The first-order chi connectivity index (χ1) is 7.87. The highest BCUT2D eigenvalue weighted by atomic mass is 19.4. The fourth-order valence-corrected chi connectivity index (χ4v) is 1.97.